The van der Waals surface area contributed by atoms with Crippen molar-refractivity contribution in [1.29, 1.82) is 0 Å². The first-order valence-electron chi connectivity index (χ1n) is 9.45. The molecule has 1 amide bonds. The Bertz CT molecular complexity index is 886. The van der Waals surface area contributed by atoms with Gasteiger partial charge in [0.2, 0.25) is 5.91 Å². The number of H-pyrrole nitrogens is 1. The summed E-state index contributed by atoms with van der Waals surface area (Å²) in [5.74, 6) is 0.0700. The first-order valence-corrected chi connectivity index (χ1v) is 9.83. The lowest BCUT2D eigenvalue weighted by atomic mass is 9.95. The van der Waals surface area contributed by atoms with E-state index in [4.69, 9.17) is 11.6 Å². The van der Waals surface area contributed by atoms with Crippen molar-refractivity contribution < 1.29 is 4.79 Å². The highest BCUT2D eigenvalue weighted by atomic mass is 35.5. The van der Waals surface area contributed by atoms with Crippen LogP contribution >= 0.6 is 11.6 Å². The molecule has 0 unspecified atom stereocenters. The Labute approximate surface area is 157 Å². The van der Waals surface area contributed by atoms with E-state index < -0.39 is 0 Å². The van der Waals surface area contributed by atoms with Gasteiger partial charge in [-0.05, 0) is 31.0 Å². The van der Waals surface area contributed by atoms with Gasteiger partial charge in [0.1, 0.15) is 0 Å². The molecule has 2 aromatic rings. The van der Waals surface area contributed by atoms with Gasteiger partial charge >= 0.3 is 0 Å². The Hall–Kier alpha value is -1.85. The summed E-state index contributed by atoms with van der Waals surface area (Å²) in [6.07, 6.45) is 6.60. The molecule has 1 aliphatic carbocycles. The molecule has 1 aromatic heterocycles. The van der Waals surface area contributed by atoms with Crippen LogP contribution < -0.4 is 10.7 Å². The van der Waals surface area contributed by atoms with Crippen molar-refractivity contribution >= 4 is 28.4 Å². The van der Waals surface area contributed by atoms with E-state index in [0.717, 1.165) is 42.6 Å². The molecule has 0 atom stereocenters. The molecule has 0 radical (unpaired) electrons. The Balaban J connectivity index is 1.48. The molecule has 1 aliphatic heterocycles. The fourth-order valence-electron chi connectivity index (χ4n) is 4.16. The highest BCUT2D eigenvalue weighted by Gasteiger charge is 2.23. The van der Waals surface area contributed by atoms with Crippen molar-refractivity contribution in [2.24, 2.45) is 0 Å². The van der Waals surface area contributed by atoms with Crippen LogP contribution in [-0.2, 0) is 17.8 Å². The molecule has 4 rings (SSSR count). The van der Waals surface area contributed by atoms with E-state index in [-0.39, 0.29) is 11.3 Å². The van der Waals surface area contributed by atoms with Gasteiger partial charge in [0.05, 0.1) is 6.54 Å². The molecule has 5 nitrogen and oxygen atoms in total. The van der Waals surface area contributed by atoms with E-state index in [1.165, 1.54) is 19.3 Å². The minimum Gasteiger partial charge on any atom is -0.358 e. The number of aromatic amines is 1. The van der Waals surface area contributed by atoms with E-state index in [1.54, 1.807) is 12.1 Å². The first-order chi connectivity index (χ1) is 12.6. The molecule has 2 N–H and O–H groups in total. The number of nitrogens with one attached hydrogen (secondary N) is 2. The van der Waals surface area contributed by atoms with Crippen LogP contribution in [0, 0.1) is 0 Å². The molecular weight excluding hydrogens is 350 g/mol. The number of carbonyl (C=O) groups is 1. The maximum Gasteiger partial charge on any atom is 0.234 e. The lowest BCUT2D eigenvalue weighted by Crippen LogP contribution is -2.45. The molecule has 6 heteroatoms. The Morgan fingerprint density at radius 3 is 2.88 bits per heavy atom. The van der Waals surface area contributed by atoms with Crippen LogP contribution in [0.3, 0.4) is 0 Å². The molecule has 1 fully saturated rings. The quantitative estimate of drug-likeness (QED) is 0.869. The summed E-state index contributed by atoms with van der Waals surface area (Å²) >= 11 is 6.05. The van der Waals surface area contributed by atoms with Crippen LogP contribution in [0.25, 0.3) is 10.9 Å². The van der Waals surface area contributed by atoms with Crippen molar-refractivity contribution in [3.63, 3.8) is 0 Å². The van der Waals surface area contributed by atoms with Crippen LogP contribution in [0.4, 0.5) is 0 Å². The monoisotopic (exact) mass is 373 g/mol. The molecule has 2 heterocycles. The van der Waals surface area contributed by atoms with Gasteiger partial charge in [0, 0.05) is 52.7 Å². The zero-order valence-corrected chi connectivity index (χ0v) is 15.6. The maximum atomic E-state index is 12.9. The first kappa shape index (κ1) is 17.6. The molecule has 0 bridgehead atoms. The zero-order chi connectivity index (χ0) is 18.1. The van der Waals surface area contributed by atoms with E-state index in [1.807, 2.05) is 6.07 Å². The standard InChI is InChI=1S/C20H24ClN3O2/c21-13-6-7-17-15(10-13)20(26)16-11-24(9-8-18(16)23-17)12-19(25)22-14-4-2-1-3-5-14/h6-7,10,14H,1-5,8-9,11-12H2,(H,22,25)(H,23,26). The van der Waals surface area contributed by atoms with E-state index >= 15 is 0 Å². The predicted molar refractivity (Wildman–Crippen MR) is 104 cm³/mol. The SMILES string of the molecule is O=C(CN1CCc2[nH]c3ccc(Cl)cc3c(=O)c2C1)NC1CCCCC1. The van der Waals surface area contributed by atoms with Gasteiger partial charge in [-0.2, -0.15) is 0 Å². The smallest absolute Gasteiger partial charge is 0.234 e. The lowest BCUT2D eigenvalue weighted by Gasteiger charge is -2.29. The summed E-state index contributed by atoms with van der Waals surface area (Å²) in [6.45, 7) is 1.63. The zero-order valence-electron chi connectivity index (χ0n) is 14.8. The van der Waals surface area contributed by atoms with Crippen molar-refractivity contribution in [1.82, 2.24) is 15.2 Å². The molecule has 138 valence electrons. The third kappa shape index (κ3) is 3.64. The number of benzene rings is 1. The summed E-state index contributed by atoms with van der Waals surface area (Å²) in [5.41, 5.74) is 2.58. The Morgan fingerprint density at radius 2 is 2.08 bits per heavy atom. The van der Waals surface area contributed by atoms with Gasteiger partial charge in [-0.15, -0.1) is 0 Å². The number of halogens is 1. The number of hydrogen-bond acceptors (Lipinski definition) is 3. The number of carbonyl (C=O) groups excluding carboxylic acids is 1. The Morgan fingerprint density at radius 1 is 1.27 bits per heavy atom. The van der Waals surface area contributed by atoms with Crippen molar-refractivity contribution in [3.05, 3.63) is 44.7 Å². The molecule has 26 heavy (non-hydrogen) atoms. The van der Waals surface area contributed by atoms with Gasteiger partial charge in [-0.25, -0.2) is 0 Å². The van der Waals surface area contributed by atoms with Gasteiger partial charge < -0.3 is 10.3 Å². The number of aromatic nitrogens is 1. The summed E-state index contributed by atoms with van der Waals surface area (Å²) in [5, 5.41) is 4.33. The van der Waals surface area contributed by atoms with Gasteiger partial charge in [-0.3, -0.25) is 14.5 Å². The van der Waals surface area contributed by atoms with Crippen molar-refractivity contribution in [2.45, 2.75) is 51.1 Å². The van der Waals surface area contributed by atoms with Crippen LogP contribution in [0.15, 0.2) is 23.0 Å². The maximum absolute atomic E-state index is 12.9. The average Bonchev–Trinajstić information content (AvgIpc) is 2.64. The van der Waals surface area contributed by atoms with E-state index in [2.05, 4.69) is 15.2 Å². The van der Waals surface area contributed by atoms with Gasteiger partial charge in [0.25, 0.3) is 0 Å². The van der Waals surface area contributed by atoms with Crippen molar-refractivity contribution in [2.75, 3.05) is 13.1 Å². The van der Waals surface area contributed by atoms with Crippen molar-refractivity contribution in [3.8, 4) is 0 Å². The number of nitrogens with zero attached hydrogens (tertiary/aromatic N) is 1. The van der Waals surface area contributed by atoms with E-state index in [0.29, 0.717) is 29.5 Å². The highest BCUT2D eigenvalue weighted by molar-refractivity contribution is 6.31. The minimum atomic E-state index is 0.0219. The molecule has 1 aromatic carbocycles. The number of amides is 1. The molecular formula is C20H24ClN3O2. The predicted octanol–water partition coefficient (Wildman–Crippen LogP) is 2.99. The number of hydrogen-bond donors (Lipinski definition) is 2. The van der Waals surface area contributed by atoms with Gasteiger partial charge in [0.15, 0.2) is 5.43 Å². The minimum absolute atomic E-state index is 0.0219. The van der Waals surface area contributed by atoms with Crippen LogP contribution in [-0.4, -0.2) is 34.9 Å². The normalized spacial score (nSPS) is 18.7. The van der Waals surface area contributed by atoms with Crippen LogP contribution in [0.2, 0.25) is 5.02 Å². The fourth-order valence-corrected chi connectivity index (χ4v) is 4.33. The number of rotatable bonds is 3. The summed E-state index contributed by atoms with van der Waals surface area (Å²) in [4.78, 5) is 30.7. The second-order valence-electron chi connectivity index (χ2n) is 7.46. The fraction of sp³-hybridized carbons (Fsp3) is 0.500. The van der Waals surface area contributed by atoms with Gasteiger partial charge in [-0.1, -0.05) is 30.9 Å². The number of fused-ring (bicyclic) bond motifs is 2. The topological polar surface area (TPSA) is 65.2 Å². The van der Waals surface area contributed by atoms with E-state index in [9.17, 15) is 9.59 Å². The summed E-state index contributed by atoms with van der Waals surface area (Å²) in [7, 11) is 0. The molecule has 0 spiro atoms. The second kappa shape index (κ2) is 7.41. The van der Waals surface area contributed by atoms with Crippen LogP contribution in [0.5, 0.6) is 0 Å². The van der Waals surface area contributed by atoms with Crippen LogP contribution in [0.1, 0.15) is 43.4 Å². The lowest BCUT2D eigenvalue weighted by molar-refractivity contribution is -0.123. The second-order valence-corrected chi connectivity index (χ2v) is 7.90. The highest BCUT2D eigenvalue weighted by Crippen LogP contribution is 2.21. The third-order valence-corrected chi connectivity index (χ3v) is 5.78. The Kier molecular flexibility index (Phi) is 5.00. The summed E-state index contributed by atoms with van der Waals surface area (Å²) < 4.78 is 0. The molecule has 1 saturated carbocycles. The molecule has 0 saturated heterocycles. The average molecular weight is 374 g/mol. The number of pyridine rings is 1. The third-order valence-electron chi connectivity index (χ3n) is 5.55. The molecule has 2 aliphatic rings. The summed E-state index contributed by atoms with van der Waals surface area (Å²) in [6, 6.07) is 5.67. The largest absolute Gasteiger partial charge is 0.358 e.